The second-order valence-corrected chi connectivity index (χ2v) is 8.01. The lowest BCUT2D eigenvalue weighted by atomic mass is 10.1. The van der Waals surface area contributed by atoms with Gasteiger partial charge in [0.1, 0.15) is 12.4 Å². The number of nitrogens with zero attached hydrogens (tertiary/aromatic N) is 1. The number of fused-ring (bicyclic) bond motifs is 1. The van der Waals surface area contributed by atoms with Crippen molar-refractivity contribution in [3.8, 4) is 5.75 Å². The van der Waals surface area contributed by atoms with Crippen LogP contribution in [0.5, 0.6) is 5.75 Å². The average molecular weight is 441 g/mol. The van der Waals surface area contributed by atoms with Crippen LogP contribution in [-0.4, -0.2) is 57.3 Å². The molecule has 5 nitrogen and oxygen atoms in total. The fraction of sp³-hybridized carbons (Fsp3) is 0.519. The van der Waals surface area contributed by atoms with Crippen molar-refractivity contribution in [2.45, 2.75) is 46.0 Å². The van der Waals surface area contributed by atoms with E-state index in [0.29, 0.717) is 13.0 Å². The summed E-state index contributed by atoms with van der Waals surface area (Å²) in [6.45, 7) is 10.1. The lowest BCUT2D eigenvalue weighted by molar-refractivity contribution is -0.140. The van der Waals surface area contributed by atoms with Crippen LogP contribution in [0.4, 0.5) is 0 Å². The van der Waals surface area contributed by atoms with E-state index in [-0.39, 0.29) is 5.97 Å². The van der Waals surface area contributed by atoms with Crippen LogP contribution in [-0.2, 0) is 9.53 Å². The Morgan fingerprint density at radius 1 is 1.03 bits per heavy atom. The molecule has 176 valence electrons. The minimum atomic E-state index is -0.136. The number of esters is 1. The van der Waals surface area contributed by atoms with Gasteiger partial charge in [-0.1, -0.05) is 56.3 Å². The Hall–Kier alpha value is -2.37. The molecule has 0 aliphatic carbocycles. The molecular weight excluding hydrogens is 400 g/mol. The highest BCUT2D eigenvalue weighted by Gasteiger charge is 2.05. The maximum absolute atomic E-state index is 11.3. The van der Waals surface area contributed by atoms with Crippen LogP contribution in [0.1, 0.15) is 46.0 Å². The molecule has 0 aliphatic heterocycles. The highest BCUT2D eigenvalue weighted by atomic mass is 16.5. The summed E-state index contributed by atoms with van der Waals surface area (Å²) in [4.78, 5) is 13.7. The second kappa shape index (κ2) is 15.4. The topological polar surface area (TPSA) is 50.8 Å². The van der Waals surface area contributed by atoms with E-state index in [4.69, 9.17) is 9.47 Å². The van der Waals surface area contributed by atoms with Gasteiger partial charge in [0.2, 0.25) is 0 Å². The average Bonchev–Trinajstić information content (AvgIpc) is 2.83. The van der Waals surface area contributed by atoms with Gasteiger partial charge in [-0.3, -0.25) is 4.79 Å². The molecule has 0 aliphatic rings. The van der Waals surface area contributed by atoms with Gasteiger partial charge in [0, 0.05) is 18.4 Å². The number of benzene rings is 2. The van der Waals surface area contributed by atoms with Gasteiger partial charge in [-0.05, 0) is 68.9 Å². The highest BCUT2D eigenvalue weighted by molar-refractivity contribution is 5.88. The molecule has 0 radical (unpaired) electrons. The molecular formula is C27H40N2O3. The molecule has 0 aromatic heterocycles. The summed E-state index contributed by atoms with van der Waals surface area (Å²) in [7, 11) is 1.44. The first kappa shape index (κ1) is 25.9. The summed E-state index contributed by atoms with van der Waals surface area (Å²) in [6.07, 6.45) is 6.63. The van der Waals surface area contributed by atoms with Crippen molar-refractivity contribution in [1.29, 1.82) is 0 Å². The number of ether oxygens (including phenoxy) is 2. The third kappa shape index (κ3) is 9.41. The van der Waals surface area contributed by atoms with Crippen LogP contribution in [0, 0.1) is 0 Å². The molecule has 0 atom stereocenters. The number of carbonyl (C=O) groups excluding carboxylic acids is 1. The maximum atomic E-state index is 11.3. The zero-order valence-electron chi connectivity index (χ0n) is 20.1. The van der Waals surface area contributed by atoms with E-state index in [0.717, 1.165) is 69.5 Å². The van der Waals surface area contributed by atoms with Gasteiger partial charge in [0.15, 0.2) is 0 Å². The molecule has 0 saturated carbocycles. The van der Waals surface area contributed by atoms with E-state index >= 15 is 0 Å². The molecule has 2 aromatic carbocycles. The number of allylic oxidation sites excluding steroid dienone is 1. The van der Waals surface area contributed by atoms with Crippen LogP contribution in [0.3, 0.4) is 0 Å². The SMILES string of the molecule is CCN(CC)CCCNCC(=CCCCCC(=O)OC)COc1cccc2ccccc12. The molecule has 0 bridgehead atoms. The van der Waals surface area contributed by atoms with Gasteiger partial charge in [-0.15, -0.1) is 0 Å². The number of unbranched alkanes of at least 4 members (excludes halogenated alkanes) is 2. The van der Waals surface area contributed by atoms with Crippen LogP contribution in [0.15, 0.2) is 54.1 Å². The van der Waals surface area contributed by atoms with Gasteiger partial charge in [-0.25, -0.2) is 0 Å². The van der Waals surface area contributed by atoms with E-state index < -0.39 is 0 Å². The first-order valence-corrected chi connectivity index (χ1v) is 12.0. The normalized spacial score (nSPS) is 11.8. The number of rotatable bonds is 16. The van der Waals surface area contributed by atoms with E-state index in [1.54, 1.807) is 0 Å². The Labute approximate surface area is 193 Å². The van der Waals surface area contributed by atoms with Gasteiger partial charge >= 0.3 is 5.97 Å². The molecule has 5 heteroatoms. The first-order chi connectivity index (χ1) is 15.7. The molecule has 2 rings (SSSR count). The van der Waals surface area contributed by atoms with E-state index in [9.17, 15) is 4.79 Å². The Balaban J connectivity index is 1.88. The van der Waals surface area contributed by atoms with Crippen LogP contribution < -0.4 is 10.1 Å². The van der Waals surface area contributed by atoms with Crippen molar-refractivity contribution < 1.29 is 14.3 Å². The maximum Gasteiger partial charge on any atom is 0.305 e. The molecule has 0 unspecified atom stereocenters. The molecule has 32 heavy (non-hydrogen) atoms. The fourth-order valence-corrected chi connectivity index (χ4v) is 3.71. The second-order valence-electron chi connectivity index (χ2n) is 8.01. The summed E-state index contributed by atoms with van der Waals surface area (Å²) in [5.74, 6) is 0.782. The summed E-state index contributed by atoms with van der Waals surface area (Å²) in [5.41, 5.74) is 1.25. The summed E-state index contributed by atoms with van der Waals surface area (Å²) in [6, 6.07) is 14.5. The van der Waals surface area contributed by atoms with Gasteiger partial charge in [-0.2, -0.15) is 0 Å². The van der Waals surface area contributed by atoms with Gasteiger partial charge < -0.3 is 19.7 Å². The highest BCUT2D eigenvalue weighted by Crippen LogP contribution is 2.25. The van der Waals surface area contributed by atoms with Crippen molar-refractivity contribution in [3.63, 3.8) is 0 Å². The zero-order chi connectivity index (χ0) is 23.0. The molecule has 0 saturated heterocycles. The summed E-state index contributed by atoms with van der Waals surface area (Å²) < 4.78 is 11.0. The molecule has 1 N–H and O–H groups in total. The molecule has 0 heterocycles. The smallest absolute Gasteiger partial charge is 0.305 e. The number of hydrogen-bond acceptors (Lipinski definition) is 5. The summed E-state index contributed by atoms with van der Waals surface area (Å²) >= 11 is 0. The number of carbonyl (C=O) groups is 1. The van der Waals surface area contributed by atoms with E-state index in [2.05, 4.69) is 48.3 Å². The molecule has 0 spiro atoms. The van der Waals surface area contributed by atoms with Crippen molar-refractivity contribution in [3.05, 3.63) is 54.1 Å². The van der Waals surface area contributed by atoms with E-state index in [1.807, 2.05) is 24.3 Å². The first-order valence-electron chi connectivity index (χ1n) is 12.0. The Morgan fingerprint density at radius 2 is 1.81 bits per heavy atom. The lowest BCUT2D eigenvalue weighted by Gasteiger charge is -2.18. The monoisotopic (exact) mass is 440 g/mol. The molecule has 0 amide bonds. The minimum absolute atomic E-state index is 0.136. The Morgan fingerprint density at radius 3 is 2.59 bits per heavy atom. The summed E-state index contributed by atoms with van der Waals surface area (Å²) in [5, 5.41) is 5.91. The van der Waals surface area contributed by atoms with Gasteiger partial charge in [0.05, 0.1) is 7.11 Å². The van der Waals surface area contributed by atoms with Crippen molar-refractivity contribution in [1.82, 2.24) is 10.2 Å². The third-order valence-corrected chi connectivity index (χ3v) is 5.73. The fourth-order valence-electron chi connectivity index (χ4n) is 3.71. The third-order valence-electron chi connectivity index (χ3n) is 5.73. The van der Waals surface area contributed by atoms with Gasteiger partial charge in [0.25, 0.3) is 0 Å². The zero-order valence-corrected chi connectivity index (χ0v) is 20.1. The number of hydrogen-bond donors (Lipinski definition) is 1. The predicted molar refractivity (Wildman–Crippen MR) is 133 cm³/mol. The molecule has 0 fully saturated rings. The van der Waals surface area contributed by atoms with Crippen molar-refractivity contribution >= 4 is 16.7 Å². The number of nitrogens with one attached hydrogen (secondary N) is 1. The van der Waals surface area contributed by atoms with Crippen molar-refractivity contribution in [2.24, 2.45) is 0 Å². The molecule has 2 aromatic rings. The quantitative estimate of drug-likeness (QED) is 0.221. The predicted octanol–water partition coefficient (Wildman–Crippen LogP) is 5.20. The largest absolute Gasteiger partial charge is 0.489 e. The van der Waals surface area contributed by atoms with Crippen LogP contribution in [0.2, 0.25) is 0 Å². The van der Waals surface area contributed by atoms with Crippen LogP contribution in [0.25, 0.3) is 10.8 Å². The van der Waals surface area contributed by atoms with Crippen LogP contribution >= 0.6 is 0 Å². The Bertz CT molecular complexity index is 825. The lowest BCUT2D eigenvalue weighted by Crippen LogP contribution is -2.28. The minimum Gasteiger partial charge on any atom is -0.489 e. The Kier molecular flexibility index (Phi) is 12.5. The van der Waals surface area contributed by atoms with Crippen molar-refractivity contribution in [2.75, 3.05) is 46.4 Å². The number of methoxy groups -OCH3 is 1. The standard InChI is InChI=1S/C27H40N2O3/c1-4-29(5-2)20-12-19-28-21-23(13-7-6-8-18-27(30)31-3)22-32-26-17-11-15-24-14-9-10-16-25(24)26/h9-11,13-17,28H,4-8,12,18-22H2,1-3H3. The van der Waals surface area contributed by atoms with E-state index in [1.165, 1.54) is 18.1 Å².